The van der Waals surface area contributed by atoms with Crippen LogP contribution >= 0.6 is 0 Å². The first-order valence-electron chi connectivity index (χ1n) is 7.81. The molecule has 1 aromatic carbocycles. The second-order valence-electron chi connectivity index (χ2n) is 6.29. The molecule has 20 heavy (non-hydrogen) atoms. The maximum absolute atomic E-state index is 5.35. The van der Waals surface area contributed by atoms with E-state index in [4.69, 9.17) is 4.74 Å². The van der Waals surface area contributed by atoms with Gasteiger partial charge in [0.2, 0.25) is 0 Å². The third-order valence-electron chi connectivity index (χ3n) is 5.09. The minimum atomic E-state index is 0.748. The molecule has 2 aliphatic heterocycles. The molecule has 1 aromatic rings. The van der Waals surface area contributed by atoms with E-state index in [0.29, 0.717) is 0 Å². The quantitative estimate of drug-likeness (QED) is 0.912. The van der Waals surface area contributed by atoms with Crippen molar-refractivity contribution in [3.05, 3.63) is 29.3 Å². The maximum Gasteiger partial charge on any atom is 0.121 e. The van der Waals surface area contributed by atoms with Crippen molar-refractivity contribution in [1.29, 1.82) is 0 Å². The molecule has 3 nitrogen and oxygen atoms in total. The van der Waals surface area contributed by atoms with Crippen LogP contribution in [0, 0.1) is 18.8 Å². The molecule has 0 radical (unpaired) electrons. The normalized spacial score (nSPS) is 29.6. The van der Waals surface area contributed by atoms with Crippen LogP contribution in [0.15, 0.2) is 18.2 Å². The van der Waals surface area contributed by atoms with Gasteiger partial charge in [-0.2, -0.15) is 0 Å². The molecule has 0 aromatic heterocycles. The molecular weight excluding hydrogens is 248 g/mol. The third kappa shape index (κ3) is 2.45. The number of benzene rings is 1. The number of methoxy groups -OCH3 is 1. The van der Waals surface area contributed by atoms with Gasteiger partial charge in [0.25, 0.3) is 0 Å². The number of nitrogens with one attached hydrogen (secondary N) is 1. The van der Waals surface area contributed by atoms with Gasteiger partial charge >= 0.3 is 0 Å². The summed E-state index contributed by atoms with van der Waals surface area (Å²) in [5.41, 5.74) is 2.65. The third-order valence-corrected chi connectivity index (χ3v) is 5.09. The Kier molecular flexibility index (Phi) is 3.99. The molecule has 110 valence electrons. The fraction of sp³-hybridized carbons (Fsp3) is 0.647. The summed E-state index contributed by atoms with van der Waals surface area (Å²) < 4.78 is 5.35. The van der Waals surface area contributed by atoms with E-state index in [1.807, 2.05) is 0 Å². The van der Waals surface area contributed by atoms with Crippen molar-refractivity contribution in [3.8, 4) is 5.75 Å². The van der Waals surface area contributed by atoms with Crippen LogP contribution in [0.25, 0.3) is 0 Å². The zero-order valence-corrected chi connectivity index (χ0v) is 12.9. The van der Waals surface area contributed by atoms with E-state index in [1.54, 1.807) is 7.11 Å². The molecule has 2 saturated heterocycles. The first kappa shape index (κ1) is 13.9. The van der Waals surface area contributed by atoms with Crippen molar-refractivity contribution in [3.63, 3.8) is 0 Å². The van der Waals surface area contributed by atoms with E-state index in [1.165, 1.54) is 37.2 Å². The average Bonchev–Trinajstić information content (AvgIpc) is 2.99. The minimum absolute atomic E-state index is 0.748. The van der Waals surface area contributed by atoms with Gasteiger partial charge in [0, 0.05) is 19.1 Å². The number of nitrogens with zero attached hydrogens (tertiary/aromatic N) is 1. The standard InChI is InChI=1S/C17H26N2O/c1-4-16-15-9-18-8-14(15)11-19(16)10-13-5-6-17(20-3)12(2)7-13/h5-7,14-16,18H,4,8-11H2,1-3H3. The van der Waals surface area contributed by atoms with Gasteiger partial charge in [-0.1, -0.05) is 19.1 Å². The van der Waals surface area contributed by atoms with E-state index in [-0.39, 0.29) is 0 Å². The van der Waals surface area contributed by atoms with E-state index in [0.717, 1.165) is 30.2 Å². The van der Waals surface area contributed by atoms with Crippen molar-refractivity contribution >= 4 is 0 Å². The van der Waals surface area contributed by atoms with Crippen molar-refractivity contribution in [2.75, 3.05) is 26.7 Å². The van der Waals surface area contributed by atoms with Crippen molar-refractivity contribution in [2.24, 2.45) is 11.8 Å². The molecule has 3 unspecified atom stereocenters. The Hall–Kier alpha value is -1.06. The van der Waals surface area contributed by atoms with Gasteiger partial charge in [-0.15, -0.1) is 0 Å². The molecule has 0 bridgehead atoms. The Bertz CT molecular complexity index is 474. The van der Waals surface area contributed by atoms with Crippen LogP contribution in [0.1, 0.15) is 24.5 Å². The van der Waals surface area contributed by atoms with Crippen LogP contribution in [0.5, 0.6) is 5.75 Å². The van der Waals surface area contributed by atoms with Crippen LogP contribution in [-0.2, 0) is 6.54 Å². The molecule has 1 N–H and O–H groups in total. The van der Waals surface area contributed by atoms with Crippen molar-refractivity contribution < 1.29 is 4.74 Å². The predicted molar refractivity (Wildman–Crippen MR) is 82.1 cm³/mol. The number of rotatable bonds is 4. The molecule has 0 amide bonds. The second kappa shape index (κ2) is 5.74. The summed E-state index contributed by atoms with van der Waals surface area (Å²) in [6.07, 6.45) is 1.26. The van der Waals surface area contributed by atoms with Gasteiger partial charge in [-0.05, 0) is 55.5 Å². The number of likely N-dealkylation sites (tertiary alicyclic amines) is 1. The average molecular weight is 274 g/mol. The topological polar surface area (TPSA) is 24.5 Å². The Morgan fingerprint density at radius 3 is 2.90 bits per heavy atom. The lowest BCUT2D eigenvalue weighted by molar-refractivity contribution is 0.210. The molecule has 2 fully saturated rings. The zero-order chi connectivity index (χ0) is 14.1. The lowest BCUT2D eigenvalue weighted by Crippen LogP contribution is -2.34. The number of hydrogen-bond acceptors (Lipinski definition) is 3. The molecule has 0 aliphatic carbocycles. The summed E-state index contributed by atoms with van der Waals surface area (Å²) in [5, 5.41) is 3.55. The predicted octanol–water partition coefficient (Wildman–Crippen LogP) is 2.43. The van der Waals surface area contributed by atoms with E-state index >= 15 is 0 Å². The van der Waals surface area contributed by atoms with Crippen molar-refractivity contribution in [2.45, 2.75) is 32.9 Å². The van der Waals surface area contributed by atoms with E-state index in [2.05, 4.69) is 42.3 Å². The Balaban J connectivity index is 1.72. The van der Waals surface area contributed by atoms with Crippen LogP contribution < -0.4 is 10.1 Å². The largest absolute Gasteiger partial charge is 0.496 e. The molecule has 2 aliphatic rings. The van der Waals surface area contributed by atoms with Gasteiger partial charge in [0.1, 0.15) is 5.75 Å². The van der Waals surface area contributed by atoms with Gasteiger partial charge in [0.15, 0.2) is 0 Å². The summed E-state index contributed by atoms with van der Waals surface area (Å²) in [4.78, 5) is 2.69. The monoisotopic (exact) mass is 274 g/mol. The summed E-state index contributed by atoms with van der Waals surface area (Å²) in [6, 6.07) is 7.34. The highest BCUT2D eigenvalue weighted by Crippen LogP contribution is 2.35. The number of aryl methyl sites for hydroxylation is 1. The highest BCUT2D eigenvalue weighted by atomic mass is 16.5. The minimum Gasteiger partial charge on any atom is -0.496 e. The van der Waals surface area contributed by atoms with Gasteiger partial charge in [0.05, 0.1) is 7.11 Å². The van der Waals surface area contributed by atoms with Gasteiger partial charge in [-0.25, -0.2) is 0 Å². The van der Waals surface area contributed by atoms with Crippen LogP contribution in [0.3, 0.4) is 0 Å². The highest BCUT2D eigenvalue weighted by molar-refractivity contribution is 5.36. The fourth-order valence-corrected chi connectivity index (χ4v) is 4.13. The summed E-state index contributed by atoms with van der Waals surface area (Å²) in [6.45, 7) is 9.21. The maximum atomic E-state index is 5.35. The lowest BCUT2D eigenvalue weighted by Gasteiger charge is -2.27. The Morgan fingerprint density at radius 1 is 1.35 bits per heavy atom. The van der Waals surface area contributed by atoms with Crippen LogP contribution in [-0.4, -0.2) is 37.7 Å². The van der Waals surface area contributed by atoms with Crippen LogP contribution in [0.4, 0.5) is 0 Å². The zero-order valence-electron chi connectivity index (χ0n) is 12.9. The van der Waals surface area contributed by atoms with Gasteiger partial charge in [-0.3, -0.25) is 4.90 Å². The van der Waals surface area contributed by atoms with Crippen LogP contribution in [0.2, 0.25) is 0 Å². The van der Waals surface area contributed by atoms with Gasteiger partial charge < -0.3 is 10.1 Å². The summed E-state index contributed by atoms with van der Waals surface area (Å²) >= 11 is 0. The summed E-state index contributed by atoms with van der Waals surface area (Å²) in [5.74, 6) is 2.71. The molecule has 3 rings (SSSR count). The molecule has 2 heterocycles. The van der Waals surface area contributed by atoms with E-state index in [9.17, 15) is 0 Å². The molecule has 3 atom stereocenters. The molecule has 3 heteroatoms. The smallest absolute Gasteiger partial charge is 0.121 e. The highest BCUT2D eigenvalue weighted by Gasteiger charge is 2.42. The lowest BCUT2D eigenvalue weighted by atomic mass is 9.93. The number of fused-ring (bicyclic) bond motifs is 1. The number of hydrogen-bond donors (Lipinski definition) is 1. The molecule has 0 saturated carbocycles. The van der Waals surface area contributed by atoms with E-state index < -0.39 is 0 Å². The number of ether oxygens (including phenoxy) is 1. The Labute approximate surface area is 122 Å². The Morgan fingerprint density at radius 2 is 2.20 bits per heavy atom. The molecular formula is C17H26N2O. The van der Waals surface area contributed by atoms with Crippen molar-refractivity contribution in [1.82, 2.24) is 10.2 Å². The first-order valence-corrected chi connectivity index (χ1v) is 7.81. The second-order valence-corrected chi connectivity index (χ2v) is 6.29. The SMILES string of the molecule is CCC1C2CNCC2CN1Cc1ccc(OC)c(C)c1. The molecule has 0 spiro atoms. The fourth-order valence-electron chi connectivity index (χ4n) is 4.13. The first-order chi connectivity index (χ1) is 9.72. The summed E-state index contributed by atoms with van der Waals surface area (Å²) in [7, 11) is 1.74.